The number of hydrogen-bond donors (Lipinski definition) is 1. The molecule has 1 aliphatic heterocycles. The molecule has 0 aliphatic carbocycles. The van der Waals surface area contributed by atoms with Crippen molar-refractivity contribution in [3.8, 4) is 0 Å². The predicted octanol–water partition coefficient (Wildman–Crippen LogP) is 1.93. The molecule has 7 heteroatoms. The number of hydrogen-bond acceptors (Lipinski definition) is 5. The summed E-state index contributed by atoms with van der Waals surface area (Å²) < 4.78 is 0.637. The van der Waals surface area contributed by atoms with Gasteiger partial charge in [-0.1, -0.05) is 6.92 Å². The van der Waals surface area contributed by atoms with E-state index in [0.717, 1.165) is 25.3 Å². The van der Waals surface area contributed by atoms with Crippen molar-refractivity contribution in [2.45, 2.75) is 19.4 Å². The smallest absolute Gasteiger partial charge is 0.288 e. The van der Waals surface area contributed by atoms with Gasteiger partial charge in [-0.15, -0.1) is 0 Å². The highest BCUT2D eigenvalue weighted by Crippen LogP contribution is 2.30. The van der Waals surface area contributed by atoms with Gasteiger partial charge >= 0.3 is 0 Å². The van der Waals surface area contributed by atoms with Crippen molar-refractivity contribution in [1.29, 1.82) is 0 Å². The molecule has 1 aromatic rings. The van der Waals surface area contributed by atoms with Gasteiger partial charge in [-0.25, -0.2) is 4.98 Å². The van der Waals surface area contributed by atoms with Crippen molar-refractivity contribution in [2.24, 2.45) is 11.7 Å². The number of nitrogens with two attached hydrogens (primary N) is 1. The van der Waals surface area contributed by atoms with Crippen LogP contribution in [-0.4, -0.2) is 29.0 Å². The lowest BCUT2D eigenvalue weighted by Gasteiger charge is -2.36. The first-order valence-corrected chi connectivity index (χ1v) is 6.59. The van der Waals surface area contributed by atoms with Gasteiger partial charge in [-0.2, -0.15) is 0 Å². The first-order chi connectivity index (χ1) is 8.49. The van der Waals surface area contributed by atoms with Gasteiger partial charge in [-0.3, -0.25) is 10.1 Å². The van der Waals surface area contributed by atoms with Crippen LogP contribution < -0.4 is 10.6 Å². The summed E-state index contributed by atoms with van der Waals surface area (Å²) in [4.78, 5) is 16.4. The second kappa shape index (κ2) is 5.19. The van der Waals surface area contributed by atoms with E-state index in [1.807, 2.05) is 0 Å². The van der Waals surface area contributed by atoms with Crippen LogP contribution in [0, 0.1) is 16.0 Å². The summed E-state index contributed by atoms with van der Waals surface area (Å²) in [5.41, 5.74) is 6.03. The summed E-state index contributed by atoms with van der Waals surface area (Å²) >= 11 is 3.34. The first kappa shape index (κ1) is 13.2. The average Bonchev–Trinajstić information content (AvgIpc) is 2.32. The van der Waals surface area contributed by atoms with E-state index in [4.69, 9.17) is 5.73 Å². The molecule has 1 aromatic heterocycles. The quantitative estimate of drug-likeness (QED) is 0.666. The topological polar surface area (TPSA) is 85.3 Å². The molecule has 98 valence electrons. The van der Waals surface area contributed by atoms with Crippen LogP contribution in [0.1, 0.15) is 13.3 Å². The number of nitrogens with zero attached hydrogens (tertiary/aromatic N) is 3. The summed E-state index contributed by atoms with van der Waals surface area (Å²) in [6.07, 6.45) is 2.29. The van der Waals surface area contributed by atoms with Crippen molar-refractivity contribution in [1.82, 2.24) is 4.98 Å². The van der Waals surface area contributed by atoms with Gasteiger partial charge in [-0.05, 0) is 28.3 Å². The molecule has 1 fully saturated rings. The molecule has 0 radical (unpaired) electrons. The lowest BCUT2D eigenvalue weighted by Crippen LogP contribution is -2.48. The molecule has 0 spiro atoms. The standard InChI is InChI=1S/C11H15BrN4O2/c1-7-2-3-15(6-10(7)13)11-9(12)4-8(5-14-11)16(17)18/h4-5,7,10H,2-3,6,13H2,1H3. The summed E-state index contributed by atoms with van der Waals surface area (Å²) in [6, 6.07) is 1.59. The van der Waals surface area contributed by atoms with Crippen LogP contribution in [0.15, 0.2) is 16.7 Å². The van der Waals surface area contributed by atoms with E-state index in [1.165, 1.54) is 12.3 Å². The summed E-state index contributed by atoms with van der Waals surface area (Å²) in [5.74, 6) is 1.22. The second-order valence-electron chi connectivity index (χ2n) is 4.63. The van der Waals surface area contributed by atoms with Crippen molar-refractivity contribution in [3.05, 3.63) is 26.9 Å². The molecule has 0 saturated carbocycles. The monoisotopic (exact) mass is 314 g/mol. The van der Waals surface area contributed by atoms with E-state index in [1.54, 1.807) is 0 Å². The Morgan fingerprint density at radius 2 is 2.39 bits per heavy atom. The maximum absolute atomic E-state index is 10.6. The third-order valence-electron chi connectivity index (χ3n) is 3.33. The normalized spacial score (nSPS) is 24.1. The molecule has 2 rings (SSSR count). The number of aromatic nitrogens is 1. The molecule has 2 atom stereocenters. The SMILES string of the molecule is CC1CCN(c2ncc([N+](=O)[O-])cc2Br)CC1N. The highest BCUT2D eigenvalue weighted by Gasteiger charge is 2.25. The Hall–Kier alpha value is -1.21. The first-order valence-electron chi connectivity index (χ1n) is 5.79. The number of piperidine rings is 1. The molecule has 0 amide bonds. The highest BCUT2D eigenvalue weighted by molar-refractivity contribution is 9.10. The van der Waals surface area contributed by atoms with Crippen LogP contribution in [0.25, 0.3) is 0 Å². The molecular formula is C11H15BrN4O2. The van der Waals surface area contributed by atoms with Gasteiger partial charge in [0.05, 0.1) is 9.40 Å². The Bertz CT molecular complexity index is 468. The van der Waals surface area contributed by atoms with Crippen LogP contribution in [0.5, 0.6) is 0 Å². The van der Waals surface area contributed by atoms with Gasteiger partial charge in [0.2, 0.25) is 0 Å². The lowest BCUT2D eigenvalue weighted by molar-refractivity contribution is -0.385. The fraction of sp³-hybridized carbons (Fsp3) is 0.545. The van der Waals surface area contributed by atoms with Gasteiger partial charge in [0.25, 0.3) is 5.69 Å². The van der Waals surface area contributed by atoms with Gasteiger partial charge in [0, 0.05) is 25.2 Å². The lowest BCUT2D eigenvalue weighted by atomic mass is 9.94. The zero-order valence-electron chi connectivity index (χ0n) is 10.0. The molecule has 2 N–H and O–H groups in total. The zero-order valence-corrected chi connectivity index (χ0v) is 11.6. The van der Waals surface area contributed by atoms with Crippen LogP contribution in [0.3, 0.4) is 0 Å². The van der Waals surface area contributed by atoms with Crippen LogP contribution in [0.4, 0.5) is 11.5 Å². The van der Waals surface area contributed by atoms with E-state index in [0.29, 0.717) is 10.4 Å². The molecule has 2 unspecified atom stereocenters. The van der Waals surface area contributed by atoms with E-state index < -0.39 is 4.92 Å². The Labute approximate surface area is 113 Å². The number of nitro groups is 1. The Morgan fingerprint density at radius 1 is 1.67 bits per heavy atom. The number of rotatable bonds is 2. The Kier molecular flexibility index (Phi) is 3.82. The van der Waals surface area contributed by atoms with E-state index in [9.17, 15) is 10.1 Å². The van der Waals surface area contributed by atoms with Crippen molar-refractivity contribution in [2.75, 3.05) is 18.0 Å². The number of anilines is 1. The third kappa shape index (κ3) is 2.62. The molecular weight excluding hydrogens is 300 g/mol. The van der Waals surface area contributed by atoms with Crippen LogP contribution in [0.2, 0.25) is 0 Å². The number of pyridine rings is 1. The zero-order chi connectivity index (χ0) is 13.3. The van der Waals surface area contributed by atoms with Gasteiger partial charge in [0.1, 0.15) is 12.0 Å². The van der Waals surface area contributed by atoms with Crippen molar-refractivity contribution in [3.63, 3.8) is 0 Å². The van der Waals surface area contributed by atoms with Gasteiger partial charge in [0.15, 0.2) is 0 Å². The van der Waals surface area contributed by atoms with Crippen LogP contribution in [-0.2, 0) is 0 Å². The fourth-order valence-electron chi connectivity index (χ4n) is 2.04. The highest BCUT2D eigenvalue weighted by atomic mass is 79.9. The van der Waals surface area contributed by atoms with E-state index in [-0.39, 0.29) is 11.7 Å². The maximum atomic E-state index is 10.6. The van der Waals surface area contributed by atoms with Crippen LogP contribution >= 0.6 is 15.9 Å². The van der Waals surface area contributed by atoms with Crippen molar-refractivity contribution < 1.29 is 4.92 Å². The number of halogens is 1. The van der Waals surface area contributed by atoms with Crippen molar-refractivity contribution >= 4 is 27.4 Å². The molecule has 0 bridgehead atoms. The molecule has 1 aliphatic rings. The summed E-state index contributed by atoms with van der Waals surface area (Å²) in [7, 11) is 0. The minimum Gasteiger partial charge on any atom is -0.354 e. The molecule has 6 nitrogen and oxygen atoms in total. The third-order valence-corrected chi connectivity index (χ3v) is 3.92. The Balaban J connectivity index is 2.21. The second-order valence-corrected chi connectivity index (χ2v) is 5.49. The summed E-state index contributed by atoms with van der Waals surface area (Å²) in [6.45, 7) is 3.74. The Morgan fingerprint density at radius 3 is 2.94 bits per heavy atom. The van der Waals surface area contributed by atoms with E-state index >= 15 is 0 Å². The molecule has 1 saturated heterocycles. The minimum atomic E-state index is -0.453. The fourth-order valence-corrected chi connectivity index (χ4v) is 2.63. The molecule has 0 aromatic carbocycles. The average molecular weight is 315 g/mol. The van der Waals surface area contributed by atoms with E-state index in [2.05, 4.69) is 32.7 Å². The molecule has 2 heterocycles. The largest absolute Gasteiger partial charge is 0.354 e. The predicted molar refractivity (Wildman–Crippen MR) is 72.6 cm³/mol. The minimum absolute atomic E-state index is 0.0136. The maximum Gasteiger partial charge on any atom is 0.288 e. The molecule has 18 heavy (non-hydrogen) atoms. The summed E-state index contributed by atoms with van der Waals surface area (Å²) in [5, 5.41) is 10.6. The van der Waals surface area contributed by atoms with Gasteiger partial charge < -0.3 is 10.6 Å².